The van der Waals surface area contributed by atoms with Gasteiger partial charge >= 0.3 is 0 Å². The predicted octanol–water partition coefficient (Wildman–Crippen LogP) is 4.21. The van der Waals surface area contributed by atoms with Gasteiger partial charge in [-0.15, -0.1) is 6.58 Å². The van der Waals surface area contributed by atoms with Crippen LogP contribution >= 0.6 is 0 Å². The first kappa shape index (κ1) is 15.8. The summed E-state index contributed by atoms with van der Waals surface area (Å²) < 4.78 is 6.26. The minimum Gasteiger partial charge on any atom is -0.377 e. The molecular formula is C21H26N2O. The fraction of sp³-hybridized carbons (Fsp3) is 0.476. The highest BCUT2D eigenvalue weighted by Gasteiger charge is 2.42. The number of piperidine rings is 1. The van der Waals surface area contributed by atoms with Crippen LogP contribution in [0.1, 0.15) is 31.4 Å². The van der Waals surface area contributed by atoms with Gasteiger partial charge in [0.05, 0.1) is 17.7 Å². The summed E-state index contributed by atoms with van der Waals surface area (Å²) >= 11 is 0. The Morgan fingerprint density at radius 1 is 1.33 bits per heavy atom. The van der Waals surface area contributed by atoms with Gasteiger partial charge in [0.2, 0.25) is 0 Å². The Bertz CT molecular complexity index is 723. The molecule has 0 radical (unpaired) electrons. The number of benzene rings is 1. The smallest absolute Gasteiger partial charge is 0.0774 e. The Morgan fingerprint density at radius 2 is 2.21 bits per heavy atom. The lowest BCUT2D eigenvalue weighted by Gasteiger charge is -2.37. The number of aromatic nitrogens is 1. The van der Waals surface area contributed by atoms with Gasteiger partial charge in [0, 0.05) is 24.7 Å². The monoisotopic (exact) mass is 322 g/mol. The molecule has 3 heteroatoms. The summed E-state index contributed by atoms with van der Waals surface area (Å²) in [6.45, 7) is 9.21. The van der Waals surface area contributed by atoms with Crippen LogP contribution in [0, 0.1) is 11.8 Å². The molecule has 3 nitrogen and oxygen atoms in total. The first-order chi connectivity index (χ1) is 11.8. The summed E-state index contributed by atoms with van der Waals surface area (Å²) in [5.74, 6) is 1.29. The van der Waals surface area contributed by atoms with E-state index in [0.29, 0.717) is 17.9 Å². The van der Waals surface area contributed by atoms with Crippen LogP contribution in [0.5, 0.6) is 0 Å². The molecule has 3 aliphatic rings. The molecule has 3 fully saturated rings. The van der Waals surface area contributed by atoms with Crippen LogP contribution < -0.4 is 0 Å². The molecule has 0 saturated carbocycles. The standard InChI is InChI=1S/C21H26N2O/c1-3-15-14-23-12-10-16(15)13-20(24-4-2)21(23)18-9-11-22-19-8-6-5-7-17(18)19/h3,5-9,11,15-16,20-21H,1,4,10,12-14H2,2H3/t15-,16-,20-,21-/m0/s1. The van der Waals surface area contributed by atoms with Crippen LogP contribution in [-0.2, 0) is 4.74 Å². The molecule has 1 unspecified atom stereocenters. The summed E-state index contributed by atoms with van der Waals surface area (Å²) in [4.78, 5) is 7.17. The molecule has 2 aromatic rings. The van der Waals surface area contributed by atoms with E-state index in [9.17, 15) is 0 Å². The maximum atomic E-state index is 6.26. The highest BCUT2D eigenvalue weighted by molar-refractivity contribution is 5.82. The fourth-order valence-corrected chi connectivity index (χ4v) is 4.68. The molecule has 2 bridgehead atoms. The highest BCUT2D eigenvalue weighted by Crippen LogP contribution is 2.43. The van der Waals surface area contributed by atoms with Crippen molar-refractivity contribution in [2.75, 3.05) is 19.7 Å². The average molecular weight is 322 g/mol. The minimum atomic E-state index is 0.248. The number of hydrogen-bond acceptors (Lipinski definition) is 3. The van der Waals surface area contributed by atoms with E-state index in [-0.39, 0.29) is 6.10 Å². The quantitative estimate of drug-likeness (QED) is 0.789. The fourth-order valence-electron chi connectivity index (χ4n) is 4.68. The lowest BCUT2D eigenvalue weighted by molar-refractivity contribution is 0.000649. The largest absolute Gasteiger partial charge is 0.377 e. The molecule has 3 saturated heterocycles. The topological polar surface area (TPSA) is 25.4 Å². The Morgan fingerprint density at radius 3 is 3.04 bits per heavy atom. The zero-order chi connectivity index (χ0) is 16.5. The van der Waals surface area contributed by atoms with Gasteiger partial charge in [0.1, 0.15) is 0 Å². The van der Waals surface area contributed by atoms with Crippen LogP contribution in [0.3, 0.4) is 0 Å². The van der Waals surface area contributed by atoms with E-state index in [0.717, 1.165) is 31.6 Å². The lowest BCUT2D eigenvalue weighted by Crippen LogP contribution is -2.40. The summed E-state index contributed by atoms with van der Waals surface area (Å²) in [6, 6.07) is 11.0. The molecule has 24 heavy (non-hydrogen) atoms. The van der Waals surface area contributed by atoms with Crippen molar-refractivity contribution in [2.24, 2.45) is 11.8 Å². The Kier molecular flexibility index (Phi) is 4.38. The number of pyridine rings is 1. The van der Waals surface area contributed by atoms with E-state index in [1.807, 2.05) is 6.20 Å². The van der Waals surface area contributed by atoms with Gasteiger partial charge in [-0.2, -0.15) is 0 Å². The number of fused-ring (bicyclic) bond motifs is 5. The molecule has 0 N–H and O–H groups in total. The van der Waals surface area contributed by atoms with Crippen molar-refractivity contribution >= 4 is 10.9 Å². The SMILES string of the molecule is C=C[C@H]1CN2CC[C@H]1C[C@H](OCC)[C@@H]2c1ccnc2ccccc12. The Hall–Kier alpha value is -1.71. The normalized spacial score (nSPS) is 32.6. The second kappa shape index (κ2) is 6.66. The lowest BCUT2D eigenvalue weighted by atomic mass is 9.84. The molecular weight excluding hydrogens is 296 g/mol. The number of nitrogens with zero attached hydrogens (tertiary/aromatic N) is 2. The van der Waals surface area contributed by atoms with Crippen molar-refractivity contribution in [3.63, 3.8) is 0 Å². The molecule has 126 valence electrons. The van der Waals surface area contributed by atoms with Gasteiger partial charge in [-0.1, -0.05) is 24.3 Å². The molecule has 1 aromatic heterocycles. The van der Waals surface area contributed by atoms with Gasteiger partial charge in [-0.3, -0.25) is 9.88 Å². The van der Waals surface area contributed by atoms with Gasteiger partial charge in [0.25, 0.3) is 0 Å². The molecule has 4 heterocycles. The van der Waals surface area contributed by atoms with Gasteiger partial charge in [0.15, 0.2) is 0 Å². The van der Waals surface area contributed by atoms with Crippen LogP contribution in [0.25, 0.3) is 10.9 Å². The van der Waals surface area contributed by atoms with E-state index in [1.54, 1.807) is 0 Å². The van der Waals surface area contributed by atoms with Crippen molar-refractivity contribution in [1.29, 1.82) is 0 Å². The molecule has 5 rings (SSSR count). The third-order valence-corrected chi connectivity index (χ3v) is 5.80. The van der Waals surface area contributed by atoms with Crippen LogP contribution in [0.4, 0.5) is 0 Å². The molecule has 1 aromatic carbocycles. The second-order valence-corrected chi connectivity index (χ2v) is 7.03. The predicted molar refractivity (Wildman–Crippen MR) is 97.9 cm³/mol. The summed E-state index contributed by atoms with van der Waals surface area (Å²) in [6.07, 6.45) is 6.73. The average Bonchev–Trinajstić information content (AvgIpc) is 2.88. The summed E-state index contributed by atoms with van der Waals surface area (Å²) in [7, 11) is 0. The Labute approximate surface area is 144 Å². The maximum absolute atomic E-state index is 6.26. The number of hydrogen-bond donors (Lipinski definition) is 0. The zero-order valence-corrected chi connectivity index (χ0v) is 14.4. The maximum Gasteiger partial charge on any atom is 0.0774 e. The van der Waals surface area contributed by atoms with Crippen molar-refractivity contribution in [2.45, 2.75) is 31.9 Å². The molecule has 5 atom stereocenters. The second-order valence-electron chi connectivity index (χ2n) is 7.03. The third-order valence-electron chi connectivity index (χ3n) is 5.80. The van der Waals surface area contributed by atoms with Gasteiger partial charge in [-0.25, -0.2) is 0 Å². The van der Waals surface area contributed by atoms with Gasteiger partial charge in [-0.05, 0) is 55.8 Å². The number of para-hydroxylation sites is 1. The molecule has 0 amide bonds. The van der Waals surface area contributed by atoms with Crippen molar-refractivity contribution in [3.05, 3.63) is 54.7 Å². The van der Waals surface area contributed by atoms with Crippen LogP contribution in [0.2, 0.25) is 0 Å². The number of ether oxygens (including phenoxy) is 1. The first-order valence-corrected chi connectivity index (χ1v) is 9.13. The van der Waals surface area contributed by atoms with E-state index in [4.69, 9.17) is 4.74 Å². The van der Waals surface area contributed by atoms with Gasteiger partial charge < -0.3 is 4.74 Å². The van der Waals surface area contributed by atoms with E-state index >= 15 is 0 Å². The summed E-state index contributed by atoms with van der Waals surface area (Å²) in [5.41, 5.74) is 2.44. The van der Waals surface area contributed by atoms with Crippen LogP contribution in [0.15, 0.2) is 49.2 Å². The Balaban J connectivity index is 1.81. The van der Waals surface area contributed by atoms with Crippen molar-refractivity contribution in [1.82, 2.24) is 9.88 Å². The van der Waals surface area contributed by atoms with E-state index in [2.05, 4.69) is 59.8 Å². The van der Waals surface area contributed by atoms with Crippen molar-refractivity contribution in [3.8, 4) is 0 Å². The highest BCUT2D eigenvalue weighted by atomic mass is 16.5. The molecule has 0 spiro atoms. The molecule has 0 aliphatic carbocycles. The third kappa shape index (κ3) is 2.66. The van der Waals surface area contributed by atoms with Crippen LogP contribution in [-0.4, -0.2) is 35.7 Å². The molecule has 3 aliphatic heterocycles. The van der Waals surface area contributed by atoms with Crippen molar-refractivity contribution < 1.29 is 4.74 Å². The number of rotatable bonds is 4. The summed E-state index contributed by atoms with van der Waals surface area (Å²) in [5, 5.41) is 1.26. The van der Waals surface area contributed by atoms with E-state index in [1.165, 1.54) is 17.4 Å². The van der Waals surface area contributed by atoms with E-state index < -0.39 is 0 Å². The minimum absolute atomic E-state index is 0.248. The zero-order valence-electron chi connectivity index (χ0n) is 14.4. The first-order valence-electron chi connectivity index (χ1n) is 9.13.